The topological polar surface area (TPSA) is 0 Å². The van der Waals surface area contributed by atoms with Crippen molar-refractivity contribution in [3.63, 3.8) is 0 Å². The Morgan fingerprint density at radius 2 is 1.24 bits per heavy atom. The van der Waals surface area contributed by atoms with E-state index in [9.17, 15) is 0 Å². The summed E-state index contributed by atoms with van der Waals surface area (Å²) in [7, 11) is -1.07. The predicted molar refractivity (Wildman–Crippen MR) is 99.6 cm³/mol. The van der Waals surface area contributed by atoms with Gasteiger partial charge in [0.05, 0.1) is 31.4 Å². The van der Waals surface area contributed by atoms with E-state index in [0.717, 1.165) is 0 Å². The number of benzene rings is 1. The molecule has 116 valence electrons. The quantitative estimate of drug-likeness (QED) is 0.365. The lowest BCUT2D eigenvalue weighted by Gasteiger charge is -2.21. The maximum Gasteiger partial charge on any atom is 0.0924 e. The molecule has 0 spiro atoms. The van der Waals surface area contributed by atoms with Crippen LogP contribution in [0.5, 0.6) is 0 Å². The third-order valence-corrected chi connectivity index (χ3v) is 8.13. The zero-order chi connectivity index (χ0) is 15.4. The van der Waals surface area contributed by atoms with Crippen molar-refractivity contribution in [2.75, 3.05) is 18.5 Å². The van der Waals surface area contributed by atoms with E-state index in [1.165, 1.54) is 62.6 Å². The molecule has 0 aliphatic carbocycles. The molecule has 1 aromatic carbocycles. The minimum atomic E-state index is -1.07. The normalized spacial score (nSPS) is 11.0. The van der Waals surface area contributed by atoms with Gasteiger partial charge in [0.2, 0.25) is 0 Å². The van der Waals surface area contributed by atoms with Gasteiger partial charge in [0, 0.05) is 5.56 Å². The Bertz CT molecular complexity index is 402. The molecule has 0 aliphatic rings. The maximum absolute atomic E-state index is 3.82. The van der Waals surface area contributed by atoms with Gasteiger partial charge in [-0.3, -0.25) is 0 Å². The molecule has 0 bridgehead atoms. The molecule has 0 N–H and O–H groups in total. The average Bonchev–Trinajstić information content (AvgIpc) is 2.54. The van der Waals surface area contributed by atoms with Crippen LogP contribution >= 0.6 is 7.26 Å². The van der Waals surface area contributed by atoms with Crippen LogP contribution in [0, 0.1) is 11.6 Å². The fourth-order valence-corrected chi connectivity index (χ4v) is 6.73. The predicted octanol–water partition coefficient (Wildman–Crippen LogP) is 6.41. The summed E-state index contributed by atoms with van der Waals surface area (Å²) in [6.45, 7) is 6.91. The molecular weight excluding hydrogens is 271 g/mol. The van der Waals surface area contributed by atoms with Crippen molar-refractivity contribution in [2.24, 2.45) is 0 Å². The number of rotatable bonds is 9. The summed E-state index contributed by atoms with van der Waals surface area (Å²) in [5, 5.41) is 0. The summed E-state index contributed by atoms with van der Waals surface area (Å²) in [5.74, 6) is 3.51. The van der Waals surface area contributed by atoms with Gasteiger partial charge >= 0.3 is 0 Å². The van der Waals surface area contributed by atoms with Crippen LogP contribution in [-0.2, 0) is 0 Å². The minimum Gasteiger partial charge on any atom is -0.0652 e. The van der Waals surface area contributed by atoms with Crippen molar-refractivity contribution in [2.45, 2.75) is 59.3 Å². The summed E-state index contributed by atoms with van der Waals surface area (Å²) < 4.78 is 0. The highest BCUT2D eigenvalue weighted by molar-refractivity contribution is 7.80. The minimum absolute atomic E-state index is 1.07. The number of hydrogen-bond donors (Lipinski definition) is 0. The van der Waals surface area contributed by atoms with Gasteiger partial charge in [0.1, 0.15) is 0 Å². The van der Waals surface area contributed by atoms with Crippen LogP contribution in [0.1, 0.15) is 64.9 Å². The summed E-state index contributed by atoms with van der Waals surface area (Å²) in [4.78, 5) is 0. The summed E-state index contributed by atoms with van der Waals surface area (Å²) in [6.07, 6.45) is 12.1. The lowest BCUT2D eigenvalue weighted by atomic mass is 10.2. The van der Waals surface area contributed by atoms with Crippen molar-refractivity contribution in [3.05, 3.63) is 35.9 Å². The van der Waals surface area contributed by atoms with Gasteiger partial charge < -0.3 is 0 Å². The molecule has 0 fully saturated rings. The fourth-order valence-electron chi connectivity index (χ4n) is 2.59. The lowest BCUT2D eigenvalue weighted by Crippen LogP contribution is -2.07. The van der Waals surface area contributed by atoms with Crippen LogP contribution in [0.25, 0.3) is 0 Å². The Labute approximate surface area is 133 Å². The standard InChI is InChI=1S/C20H32P/c1-4-7-16-21(17-8-5-2,18-9-6-3)19-15-20-13-11-10-12-14-20/h10-14H,4-9,16-18H2,1-3H3/q+1. The molecule has 0 aliphatic heterocycles. The molecule has 0 atom stereocenters. The second-order valence-corrected chi connectivity index (χ2v) is 9.84. The second-order valence-electron chi connectivity index (χ2n) is 5.98. The van der Waals surface area contributed by atoms with Gasteiger partial charge in [0.25, 0.3) is 0 Å². The van der Waals surface area contributed by atoms with E-state index < -0.39 is 7.26 Å². The fraction of sp³-hybridized carbons (Fsp3) is 0.600. The summed E-state index contributed by atoms with van der Waals surface area (Å²) in [6, 6.07) is 10.5. The lowest BCUT2D eigenvalue weighted by molar-refractivity contribution is 0.841. The monoisotopic (exact) mass is 303 g/mol. The molecule has 1 aromatic rings. The molecule has 0 saturated carbocycles. The highest BCUT2D eigenvalue weighted by atomic mass is 31.2. The van der Waals surface area contributed by atoms with Crippen molar-refractivity contribution >= 4 is 7.26 Å². The first-order chi connectivity index (χ1) is 10.3. The molecule has 0 nitrogen and oxygen atoms in total. The van der Waals surface area contributed by atoms with Crippen molar-refractivity contribution < 1.29 is 0 Å². The van der Waals surface area contributed by atoms with Crippen LogP contribution in [0.2, 0.25) is 0 Å². The number of hydrogen-bond acceptors (Lipinski definition) is 0. The highest BCUT2D eigenvalue weighted by Gasteiger charge is 2.34. The number of unbranched alkanes of at least 4 members (excludes halogenated alkanes) is 3. The van der Waals surface area contributed by atoms with Gasteiger partial charge in [-0.05, 0) is 37.3 Å². The van der Waals surface area contributed by atoms with Crippen molar-refractivity contribution in [1.29, 1.82) is 0 Å². The van der Waals surface area contributed by atoms with E-state index in [1.54, 1.807) is 0 Å². The van der Waals surface area contributed by atoms with Gasteiger partial charge in [-0.1, -0.05) is 58.2 Å². The Morgan fingerprint density at radius 1 is 0.762 bits per heavy atom. The molecule has 0 amide bonds. The summed E-state index contributed by atoms with van der Waals surface area (Å²) in [5.41, 5.74) is 5.00. The largest absolute Gasteiger partial charge is 0.0924 e. The average molecular weight is 303 g/mol. The molecule has 0 unspecified atom stereocenters. The molecular formula is C20H32P+. The molecule has 1 heteroatoms. The first kappa shape index (κ1) is 18.3. The first-order valence-electron chi connectivity index (χ1n) is 8.70. The molecule has 0 heterocycles. The van der Waals surface area contributed by atoms with Gasteiger partial charge in [-0.15, -0.1) is 0 Å². The third kappa shape index (κ3) is 7.15. The van der Waals surface area contributed by atoms with Crippen LogP contribution in [0.4, 0.5) is 0 Å². The van der Waals surface area contributed by atoms with Crippen LogP contribution in [0.15, 0.2) is 30.3 Å². The highest BCUT2D eigenvalue weighted by Crippen LogP contribution is 2.59. The third-order valence-electron chi connectivity index (χ3n) is 4.03. The van der Waals surface area contributed by atoms with E-state index >= 15 is 0 Å². The zero-order valence-corrected chi connectivity index (χ0v) is 15.1. The first-order valence-corrected chi connectivity index (χ1v) is 11.0. The van der Waals surface area contributed by atoms with Crippen LogP contribution in [-0.4, -0.2) is 18.5 Å². The van der Waals surface area contributed by atoms with E-state index in [0.29, 0.717) is 0 Å². The molecule has 0 aromatic heterocycles. The van der Waals surface area contributed by atoms with Gasteiger partial charge in [0.15, 0.2) is 0 Å². The molecule has 0 saturated heterocycles. The van der Waals surface area contributed by atoms with E-state index in [4.69, 9.17) is 0 Å². The second kappa shape index (κ2) is 10.9. The van der Waals surface area contributed by atoms with Gasteiger partial charge in [-0.25, -0.2) is 0 Å². The molecule has 21 heavy (non-hydrogen) atoms. The SMILES string of the molecule is CCCC[P+](C#Cc1ccccc1)(CCCC)CCCC. The van der Waals surface area contributed by atoms with E-state index in [2.05, 4.69) is 62.7 Å². The van der Waals surface area contributed by atoms with Crippen LogP contribution < -0.4 is 0 Å². The smallest absolute Gasteiger partial charge is 0.0652 e. The Kier molecular flexibility index (Phi) is 9.45. The van der Waals surface area contributed by atoms with Gasteiger partial charge in [-0.2, -0.15) is 0 Å². The Morgan fingerprint density at radius 3 is 1.67 bits per heavy atom. The zero-order valence-electron chi connectivity index (χ0n) is 14.2. The molecule has 1 rings (SSSR count). The van der Waals surface area contributed by atoms with Crippen molar-refractivity contribution in [3.8, 4) is 11.6 Å². The maximum atomic E-state index is 3.82. The van der Waals surface area contributed by atoms with Crippen LogP contribution in [0.3, 0.4) is 0 Å². The summed E-state index contributed by atoms with van der Waals surface area (Å²) >= 11 is 0. The van der Waals surface area contributed by atoms with E-state index in [-0.39, 0.29) is 0 Å². The van der Waals surface area contributed by atoms with E-state index in [1.807, 2.05) is 0 Å². The van der Waals surface area contributed by atoms with Crippen molar-refractivity contribution in [1.82, 2.24) is 0 Å². The molecule has 0 radical (unpaired) electrons. The Balaban J connectivity index is 2.92. The Hall–Kier alpha value is -0.790.